The number of rotatable bonds is 2. The van der Waals surface area contributed by atoms with Crippen LogP contribution in [-0.2, 0) is 0 Å². The maximum Gasteiger partial charge on any atom is 0.243 e. The van der Waals surface area contributed by atoms with E-state index in [2.05, 4.69) is 15.5 Å². The van der Waals surface area contributed by atoms with E-state index >= 15 is 0 Å². The van der Waals surface area contributed by atoms with Crippen LogP contribution in [0.2, 0.25) is 0 Å². The molecule has 5 heteroatoms. The lowest BCUT2D eigenvalue weighted by atomic mass is 10.2. The molecule has 0 saturated carbocycles. The Kier molecular flexibility index (Phi) is 2.52. The van der Waals surface area contributed by atoms with Crippen molar-refractivity contribution in [2.45, 2.75) is 38.3 Å². The largest absolute Gasteiger partial charge is 0.392 e. The van der Waals surface area contributed by atoms with Crippen molar-refractivity contribution >= 4 is 0 Å². The second kappa shape index (κ2) is 3.67. The molecule has 5 nitrogen and oxygen atoms in total. The number of nitrogens with zero attached hydrogens (tertiary/aromatic N) is 2. The summed E-state index contributed by atoms with van der Waals surface area (Å²) in [4.78, 5) is 4.27. The molecule has 2 rings (SSSR count). The summed E-state index contributed by atoms with van der Waals surface area (Å²) in [7, 11) is 0. The van der Waals surface area contributed by atoms with Gasteiger partial charge in [0.1, 0.15) is 0 Å². The molecular formula is C9H15N3O2. The van der Waals surface area contributed by atoms with Crippen molar-refractivity contribution < 1.29 is 9.63 Å². The first-order chi connectivity index (χ1) is 6.66. The Bertz CT molecular complexity index is 311. The van der Waals surface area contributed by atoms with E-state index in [9.17, 15) is 5.11 Å². The van der Waals surface area contributed by atoms with Gasteiger partial charge in [0.2, 0.25) is 5.89 Å². The highest BCUT2D eigenvalue weighted by Gasteiger charge is 2.28. The minimum absolute atomic E-state index is 0.0185. The minimum atomic E-state index is -0.297. The predicted molar refractivity (Wildman–Crippen MR) is 49.8 cm³/mol. The van der Waals surface area contributed by atoms with E-state index in [1.165, 1.54) is 0 Å². The quantitative estimate of drug-likeness (QED) is 0.726. The van der Waals surface area contributed by atoms with Crippen LogP contribution >= 0.6 is 0 Å². The Balaban J connectivity index is 2.09. The second-order valence-corrected chi connectivity index (χ2v) is 4.00. The Morgan fingerprint density at radius 1 is 1.57 bits per heavy atom. The third kappa shape index (κ3) is 1.78. The molecule has 0 radical (unpaired) electrons. The number of aromatic nitrogens is 2. The van der Waals surface area contributed by atoms with Crippen molar-refractivity contribution in [2.24, 2.45) is 0 Å². The van der Waals surface area contributed by atoms with Gasteiger partial charge in [0, 0.05) is 12.5 Å². The highest BCUT2D eigenvalue weighted by atomic mass is 16.5. The van der Waals surface area contributed by atoms with E-state index in [-0.39, 0.29) is 18.1 Å². The van der Waals surface area contributed by atoms with E-state index in [1.54, 1.807) is 0 Å². The van der Waals surface area contributed by atoms with Gasteiger partial charge in [-0.2, -0.15) is 4.98 Å². The molecule has 1 aliphatic heterocycles. The van der Waals surface area contributed by atoms with Crippen molar-refractivity contribution in [2.75, 3.05) is 6.54 Å². The smallest absolute Gasteiger partial charge is 0.243 e. The molecular weight excluding hydrogens is 182 g/mol. The standard InChI is InChI=1S/C9H15N3O2/c1-5(2)8-11-9(14-12-8)7-3-6(13)4-10-7/h5-7,10,13H,3-4H2,1-2H3/t6-,7-/m1/s1. The lowest BCUT2D eigenvalue weighted by Crippen LogP contribution is -2.15. The third-order valence-electron chi connectivity index (χ3n) is 2.38. The summed E-state index contributed by atoms with van der Waals surface area (Å²) < 4.78 is 5.12. The molecule has 1 saturated heterocycles. The van der Waals surface area contributed by atoms with Crippen LogP contribution in [0.4, 0.5) is 0 Å². The first-order valence-electron chi connectivity index (χ1n) is 4.91. The molecule has 0 aromatic carbocycles. The van der Waals surface area contributed by atoms with Crippen molar-refractivity contribution in [1.29, 1.82) is 0 Å². The summed E-state index contributed by atoms with van der Waals surface area (Å²) in [6, 6.07) is 0.0185. The summed E-state index contributed by atoms with van der Waals surface area (Å²) in [5, 5.41) is 16.3. The molecule has 1 aliphatic rings. The van der Waals surface area contributed by atoms with Crippen LogP contribution in [0.1, 0.15) is 43.9 Å². The van der Waals surface area contributed by atoms with Crippen LogP contribution in [0.15, 0.2) is 4.52 Å². The fourth-order valence-corrected chi connectivity index (χ4v) is 1.53. The molecule has 1 fully saturated rings. The maximum absolute atomic E-state index is 9.32. The molecule has 0 spiro atoms. The van der Waals surface area contributed by atoms with Gasteiger partial charge in [0.05, 0.1) is 12.1 Å². The Hall–Kier alpha value is -0.940. The van der Waals surface area contributed by atoms with Crippen LogP contribution in [0.3, 0.4) is 0 Å². The fraction of sp³-hybridized carbons (Fsp3) is 0.778. The summed E-state index contributed by atoms with van der Waals surface area (Å²) in [6.45, 7) is 4.64. The summed E-state index contributed by atoms with van der Waals surface area (Å²) in [5.41, 5.74) is 0. The zero-order valence-electron chi connectivity index (χ0n) is 8.40. The van der Waals surface area contributed by atoms with Gasteiger partial charge in [0.25, 0.3) is 0 Å². The number of aliphatic hydroxyl groups excluding tert-OH is 1. The molecule has 1 aromatic rings. The molecule has 0 unspecified atom stereocenters. The average Bonchev–Trinajstić information content (AvgIpc) is 2.70. The molecule has 0 aliphatic carbocycles. The monoisotopic (exact) mass is 197 g/mol. The highest BCUT2D eigenvalue weighted by molar-refractivity contribution is 4.99. The normalized spacial score (nSPS) is 27.4. The topological polar surface area (TPSA) is 71.2 Å². The summed E-state index contributed by atoms with van der Waals surface area (Å²) in [5.74, 6) is 1.59. The van der Waals surface area contributed by atoms with Gasteiger partial charge in [-0.05, 0) is 6.42 Å². The van der Waals surface area contributed by atoms with Crippen molar-refractivity contribution in [1.82, 2.24) is 15.5 Å². The van der Waals surface area contributed by atoms with Gasteiger partial charge < -0.3 is 14.9 Å². The van der Waals surface area contributed by atoms with Crippen molar-refractivity contribution in [3.63, 3.8) is 0 Å². The minimum Gasteiger partial charge on any atom is -0.392 e. The molecule has 0 bridgehead atoms. The number of hydrogen-bond acceptors (Lipinski definition) is 5. The molecule has 2 heterocycles. The molecule has 2 N–H and O–H groups in total. The summed E-state index contributed by atoms with van der Waals surface area (Å²) in [6.07, 6.45) is 0.356. The zero-order valence-corrected chi connectivity index (χ0v) is 8.40. The number of aliphatic hydroxyl groups is 1. The second-order valence-electron chi connectivity index (χ2n) is 4.00. The van der Waals surface area contributed by atoms with E-state index in [0.717, 1.165) is 5.82 Å². The van der Waals surface area contributed by atoms with Gasteiger partial charge in [-0.25, -0.2) is 0 Å². The van der Waals surface area contributed by atoms with Gasteiger partial charge in [-0.1, -0.05) is 19.0 Å². The Labute approximate surface area is 82.5 Å². The van der Waals surface area contributed by atoms with Crippen LogP contribution in [-0.4, -0.2) is 27.9 Å². The summed E-state index contributed by atoms with van der Waals surface area (Å²) >= 11 is 0. The average molecular weight is 197 g/mol. The molecule has 78 valence electrons. The van der Waals surface area contributed by atoms with E-state index in [4.69, 9.17) is 4.52 Å². The van der Waals surface area contributed by atoms with Crippen LogP contribution in [0.5, 0.6) is 0 Å². The van der Waals surface area contributed by atoms with Crippen LogP contribution in [0.25, 0.3) is 0 Å². The Morgan fingerprint density at radius 2 is 2.36 bits per heavy atom. The van der Waals surface area contributed by atoms with E-state index in [1.807, 2.05) is 13.8 Å². The lowest BCUT2D eigenvalue weighted by Gasteiger charge is -2.01. The van der Waals surface area contributed by atoms with Crippen LogP contribution < -0.4 is 5.32 Å². The number of β-amino-alcohol motifs (C(OH)–C–C–N with tert-alkyl or cyclic N) is 1. The maximum atomic E-state index is 9.32. The molecule has 14 heavy (non-hydrogen) atoms. The SMILES string of the molecule is CC(C)c1noc([C@H]2C[C@@H](O)CN2)n1. The van der Waals surface area contributed by atoms with E-state index in [0.29, 0.717) is 18.9 Å². The highest BCUT2D eigenvalue weighted by Crippen LogP contribution is 2.22. The first kappa shape index (κ1) is 9.61. The van der Waals surface area contributed by atoms with Gasteiger partial charge >= 0.3 is 0 Å². The number of hydrogen-bond donors (Lipinski definition) is 2. The fourth-order valence-electron chi connectivity index (χ4n) is 1.53. The number of nitrogens with one attached hydrogen (secondary N) is 1. The van der Waals surface area contributed by atoms with E-state index < -0.39 is 0 Å². The Morgan fingerprint density at radius 3 is 2.86 bits per heavy atom. The third-order valence-corrected chi connectivity index (χ3v) is 2.38. The zero-order chi connectivity index (χ0) is 10.1. The molecule has 2 atom stereocenters. The molecule has 0 amide bonds. The van der Waals surface area contributed by atoms with Crippen molar-refractivity contribution in [3.8, 4) is 0 Å². The molecule has 1 aromatic heterocycles. The van der Waals surface area contributed by atoms with Crippen molar-refractivity contribution in [3.05, 3.63) is 11.7 Å². The lowest BCUT2D eigenvalue weighted by molar-refractivity contribution is 0.191. The van der Waals surface area contributed by atoms with Crippen LogP contribution in [0, 0.1) is 0 Å². The first-order valence-corrected chi connectivity index (χ1v) is 4.91. The van der Waals surface area contributed by atoms with Gasteiger partial charge in [0.15, 0.2) is 5.82 Å². The predicted octanol–water partition coefficient (Wildman–Crippen LogP) is 0.588. The van der Waals surface area contributed by atoms with Gasteiger partial charge in [-0.3, -0.25) is 0 Å². The van der Waals surface area contributed by atoms with Gasteiger partial charge in [-0.15, -0.1) is 0 Å².